The molecule has 1 aliphatic rings. The van der Waals surface area contributed by atoms with Crippen molar-refractivity contribution in [2.45, 2.75) is 73.1 Å². The standard InChI is InChI=1S/C10H9N5O.C8H16O.C7H16/c1-16-7-4-2-3-6-8(7)14-10(11)15-9(6)12-5-13-15;1-7(2)4-8(3)5-9-6-8;1-3-5-7-6-4-2/h2-5H,1H3,(H2,11,14);7H,4-6H2,1-3H3;3-7H2,1-2H3. The Balaban J connectivity index is 0.000000193. The maximum absolute atomic E-state index is 5.78. The van der Waals surface area contributed by atoms with Gasteiger partial charge in [0.2, 0.25) is 5.95 Å². The second-order valence-corrected chi connectivity index (χ2v) is 9.28. The molecular formula is C25H41N5O2. The topological polar surface area (TPSA) is 87.6 Å². The summed E-state index contributed by atoms with van der Waals surface area (Å²) in [4.78, 5) is 8.42. The van der Waals surface area contributed by atoms with Gasteiger partial charge in [0.05, 0.1) is 20.3 Å². The van der Waals surface area contributed by atoms with Crippen molar-refractivity contribution in [2.75, 3.05) is 26.1 Å². The summed E-state index contributed by atoms with van der Waals surface area (Å²) in [5.41, 5.74) is 7.69. The Morgan fingerprint density at radius 1 is 1.16 bits per heavy atom. The number of fused-ring (bicyclic) bond motifs is 3. The average molecular weight is 444 g/mol. The Bertz CT molecular complexity index is 946. The fourth-order valence-corrected chi connectivity index (χ4v) is 3.97. The molecule has 1 fully saturated rings. The Morgan fingerprint density at radius 2 is 1.84 bits per heavy atom. The number of hydrogen-bond acceptors (Lipinski definition) is 6. The van der Waals surface area contributed by atoms with Crippen molar-refractivity contribution in [3.8, 4) is 5.75 Å². The minimum atomic E-state index is 0.296. The zero-order chi connectivity index (χ0) is 23.6. The van der Waals surface area contributed by atoms with Gasteiger partial charge in [0.1, 0.15) is 17.6 Å². The lowest BCUT2D eigenvalue weighted by Crippen LogP contribution is -2.40. The Kier molecular flexibility index (Phi) is 10.2. The van der Waals surface area contributed by atoms with E-state index in [4.69, 9.17) is 15.2 Å². The van der Waals surface area contributed by atoms with Crippen molar-refractivity contribution in [3.63, 3.8) is 0 Å². The first-order valence-electron chi connectivity index (χ1n) is 11.8. The third-order valence-electron chi connectivity index (χ3n) is 5.46. The van der Waals surface area contributed by atoms with E-state index in [1.807, 2.05) is 18.2 Å². The fraction of sp³-hybridized carbons (Fsp3) is 0.640. The van der Waals surface area contributed by atoms with E-state index in [1.54, 1.807) is 7.11 Å². The molecular weight excluding hydrogens is 402 g/mol. The molecule has 0 unspecified atom stereocenters. The molecule has 7 heteroatoms. The molecule has 2 aromatic heterocycles. The maximum atomic E-state index is 5.78. The van der Waals surface area contributed by atoms with E-state index in [0.717, 1.165) is 24.5 Å². The summed E-state index contributed by atoms with van der Waals surface area (Å²) in [5, 5.41) is 4.87. The predicted octanol–water partition coefficient (Wildman–Crippen LogP) is 5.91. The third-order valence-corrected chi connectivity index (χ3v) is 5.46. The van der Waals surface area contributed by atoms with Crippen LogP contribution in [0, 0.1) is 11.3 Å². The van der Waals surface area contributed by atoms with Crippen LogP contribution in [0.15, 0.2) is 24.5 Å². The summed E-state index contributed by atoms with van der Waals surface area (Å²) < 4.78 is 11.9. The van der Waals surface area contributed by atoms with Crippen LogP contribution in [0.4, 0.5) is 5.95 Å². The van der Waals surface area contributed by atoms with Gasteiger partial charge in [0.15, 0.2) is 5.65 Å². The number of methoxy groups -OCH3 is 1. The summed E-state index contributed by atoms with van der Waals surface area (Å²) >= 11 is 0. The quantitative estimate of drug-likeness (QED) is 0.456. The number of nitrogens with zero attached hydrogens (tertiary/aromatic N) is 4. The van der Waals surface area contributed by atoms with Crippen molar-refractivity contribution in [1.29, 1.82) is 0 Å². The molecule has 4 rings (SSSR count). The lowest BCUT2D eigenvalue weighted by Gasteiger charge is -2.39. The highest BCUT2D eigenvalue weighted by atomic mass is 16.5. The highest BCUT2D eigenvalue weighted by Crippen LogP contribution is 2.33. The third kappa shape index (κ3) is 7.05. The molecule has 1 aromatic carbocycles. The maximum Gasteiger partial charge on any atom is 0.223 e. The molecule has 0 radical (unpaired) electrons. The number of aromatic nitrogens is 4. The Labute approximate surface area is 192 Å². The number of ether oxygens (including phenoxy) is 2. The molecule has 0 saturated carbocycles. The highest BCUT2D eigenvalue weighted by molar-refractivity contribution is 5.95. The van der Waals surface area contributed by atoms with Crippen molar-refractivity contribution in [1.82, 2.24) is 19.6 Å². The molecule has 3 heterocycles. The zero-order valence-corrected chi connectivity index (χ0v) is 20.7. The second kappa shape index (κ2) is 12.6. The summed E-state index contributed by atoms with van der Waals surface area (Å²) in [7, 11) is 1.60. The van der Waals surface area contributed by atoms with Gasteiger partial charge in [0.25, 0.3) is 0 Å². The predicted molar refractivity (Wildman–Crippen MR) is 132 cm³/mol. The molecule has 2 N–H and O–H groups in total. The zero-order valence-electron chi connectivity index (χ0n) is 20.7. The second-order valence-electron chi connectivity index (χ2n) is 9.28. The van der Waals surface area contributed by atoms with Crippen LogP contribution < -0.4 is 10.5 Å². The van der Waals surface area contributed by atoms with Gasteiger partial charge >= 0.3 is 0 Å². The van der Waals surface area contributed by atoms with Crippen LogP contribution in [0.3, 0.4) is 0 Å². The van der Waals surface area contributed by atoms with Gasteiger partial charge in [-0.25, -0.2) is 9.97 Å². The molecule has 7 nitrogen and oxygen atoms in total. The first-order chi connectivity index (χ1) is 15.3. The molecule has 0 amide bonds. The van der Waals surface area contributed by atoms with Gasteiger partial charge in [-0.3, -0.25) is 0 Å². The smallest absolute Gasteiger partial charge is 0.223 e. The summed E-state index contributed by atoms with van der Waals surface area (Å²) in [6.07, 6.45) is 9.77. The van der Waals surface area contributed by atoms with Crippen LogP contribution in [-0.4, -0.2) is 39.9 Å². The molecule has 0 spiro atoms. The highest BCUT2D eigenvalue weighted by Gasteiger charge is 2.33. The van der Waals surface area contributed by atoms with Crippen molar-refractivity contribution in [2.24, 2.45) is 11.3 Å². The normalized spacial score (nSPS) is 14.3. The number of anilines is 1. The number of hydrogen-bond donors (Lipinski definition) is 1. The number of benzene rings is 1. The van der Waals surface area contributed by atoms with E-state index in [1.165, 1.54) is 49.4 Å². The minimum Gasteiger partial charge on any atom is -0.494 e. The molecule has 3 aromatic rings. The van der Waals surface area contributed by atoms with Crippen LogP contribution in [0.25, 0.3) is 16.6 Å². The first-order valence-corrected chi connectivity index (χ1v) is 11.8. The van der Waals surface area contributed by atoms with Crippen molar-refractivity contribution >= 4 is 22.5 Å². The van der Waals surface area contributed by atoms with Gasteiger partial charge in [-0.1, -0.05) is 72.8 Å². The lowest BCUT2D eigenvalue weighted by molar-refractivity contribution is -0.111. The molecule has 1 saturated heterocycles. The number of para-hydroxylation sites is 1. The van der Waals surface area contributed by atoms with E-state index in [-0.39, 0.29) is 0 Å². The summed E-state index contributed by atoms with van der Waals surface area (Å²) in [6, 6.07) is 5.63. The minimum absolute atomic E-state index is 0.296. The summed E-state index contributed by atoms with van der Waals surface area (Å²) in [5.74, 6) is 1.79. The fourth-order valence-electron chi connectivity index (χ4n) is 3.97. The van der Waals surface area contributed by atoms with E-state index >= 15 is 0 Å². The molecule has 178 valence electrons. The summed E-state index contributed by atoms with van der Waals surface area (Å²) in [6.45, 7) is 13.3. The van der Waals surface area contributed by atoms with Crippen LogP contribution in [0.5, 0.6) is 5.75 Å². The first kappa shape index (κ1) is 25.8. The largest absolute Gasteiger partial charge is 0.494 e. The Hall–Kier alpha value is -2.41. The van der Waals surface area contributed by atoms with E-state index in [0.29, 0.717) is 28.3 Å². The number of nitrogen functional groups attached to an aromatic ring is 1. The molecule has 0 aliphatic carbocycles. The Morgan fingerprint density at radius 3 is 2.34 bits per heavy atom. The van der Waals surface area contributed by atoms with Crippen LogP contribution in [0.2, 0.25) is 0 Å². The van der Waals surface area contributed by atoms with Crippen molar-refractivity contribution < 1.29 is 9.47 Å². The van der Waals surface area contributed by atoms with Crippen LogP contribution in [-0.2, 0) is 4.74 Å². The van der Waals surface area contributed by atoms with Gasteiger partial charge in [-0.05, 0) is 24.5 Å². The van der Waals surface area contributed by atoms with Crippen molar-refractivity contribution in [3.05, 3.63) is 24.5 Å². The van der Waals surface area contributed by atoms with E-state index in [2.05, 4.69) is 49.7 Å². The number of nitrogens with two attached hydrogens (primary N) is 1. The van der Waals surface area contributed by atoms with Crippen LogP contribution >= 0.6 is 0 Å². The number of rotatable bonds is 7. The van der Waals surface area contributed by atoms with Gasteiger partial charge in [-0.15, -0.1) is 0 Å². The van der Waals surface area contributed by atoms with Gasteiger partial charge < -0.3 is 15.2 Å². The molecule has 1 aliphatic heterocycles. The lowest BCUT2D eigenvalue weighted by atomic mass is 9.80. The SMILES string of the molecule is CC(C)CC1(C)COC1.CCCCCCC.COc1cccc2c1nc(N)n1ncnc21. The van der Waals surface area contributed by atoms with Crippen LogP contribution in [0.1, 0.15) is 73.1 Å². The van der Waals surface area contributed by atoms with E-state index in [9.17, 15) is 0 Å². The monoisotopic (exact) mass is 443 g/mol. The number of unbranched alkanes of at least 4 members (excludes halogenated alkanes) is 4. The molecule has 0 bridgehead atoms. The molecule has 0 atom stereocenters. The van der Waals surface area contributed by atoms with Gasteiger partial charge in [0, 0.05) is 10.8 Å². The average Bonchev–Trinajstić information content (AvgIpc) is 3.24. The molecule has 32 heavy (non-hydrogen) atoms. The van der Waals surface area contributed by atoms with E-state index < -0.39 is 0 Å². The van der Waals surface area contributed by atoms with Gasteiger partial charge in [-0.2, -0.15) is 9.61 Å².